The molecule has 0 bridgehead atoms. The van der Waals surface area contributed by atoms with Crippen LogP contribution in [0.25, 0.3) is 11.0 Å². The van der Waals surface area contributed by atoms with Crippen molar-refractivity contribution in [2.45, 2.75) is 43.5 Å². The van der Waals surface area contributed by atoms with E-state index in [2.05, 4.69) is 25.3 Å². The van der Waals surface area contributed by atoms with E-state index in [-0.39, 0.29) is 10.8 Å². The van der Waals surface area contributed by atoms with Crippen LogP contribution in [0, 0.1) is 0 Å². The van der Waals surface area contributed by atoms with Gasteiger partial charge in [0.2, 0.25) is 10.0 Å². The maximum Gasteiger partial charge on any atom is 0.251 e. The lowest BCUT2D eigenvalue weighted by molar-refractivity contribution is 0.0952. The topological polar surface area (TPSA) is 113 Å². The van der Waals surface area contributed by atoms with Crippen molar-refractivity contribution >= 4 is 32.8 Å². The zero-order chi connectivity index (χ0) is 23.5. The number of hydrogen-bond acceptors (Lipinski definition) is 7. The Bertz CT molecular complexity index is 1260. The van der Waals surface area contributed by atoms with Crippen LogP contribution < -0.4 is 10.2 Å². The summed E-state index contributed by atoms with van der Waals surface area (Å²) in [6.45, 7) is 3.92. The number of aromatic nitrogens is 4. The van der Waals surface area contributed by atoms with E-state index in [0.29, 0.717) is 31.7 Å². The number of benzene rings is 1. The highest BCUT2D eigenvalue weighted by atomic mass is 32.2. The fourth-order valence-corrected chi connectivity index (χ4v) is 6.15. The van der Waals surface area contributed by atoms with Crippen LogP contribution >= 0.6 is 0 Å². The summed E-state index contributed by atoms with van der Waals surface area (Å²) in [5.41, 5.74) is 1.17. The molecule has 180 valence electrons. The molecule has 10 nitrogen and oxygen atoms in total. The minimum atomic E-state index is -3.49. The molecule has 0 spiro atoms. The molecule has 1 aromatic carbocycles. The van der Waals surface area contributed by atoms with Gasteiger partial charge in [0.15, 0.2) is 5.65 Å². The number of anilines is 1. The van der Waals surface area contributed by atoms with Gasteiger partial charge >= 0.3 is 0 Å². The van der Waals surface area contributed by atoms with Crippen LogP contribution in [0.15, 0.2) is 41.7 Å². The Balaban J connectivity index is 1.21. The Hall–Kier alpha value is -3.05. The van der Waals surface area contributed by atoms with E-state index in [1.165, 1.54) is 22.9 Å². The molecule has 0 radical (unpaired) electrons. The molecule has 5 rings (SSSR count). The largest absolute Gasteiger partial charge is 0.356 e. The third kappa shape index (κ3) is 4.49. The number of carbonyl (C=O) groups excluding carboxylic acids is 1. The van der Waals surface area contributed by atoms with Gasteiger partial charge in [0, 0.05) is 38.3 Å². The van der Waals surface area contributed by atoms with Crippen molar-refractivity contribution in [3.05, 3.63) is 42.4 Å². The summed E-state index contributed by atoms with van der Waals surface area (Å²) in [6, 6.07) is 6.12. The fraction of sp³-hybridized carbons (Fsp3) is 0.478. The standard InChI is InChI=1S/C23H29N7O3S/c31-23(18-6-8-19(9-7-18)34(32,33)29-13-4-5-14-29)24-10-15-30-22-20(16-27-30)21(25-17-26-22)28-11-2-1-3-12-28/h6-9,16-17H,1-5,10-15H2,(H,24,31). The Kier molecular flexibility index (Phi) is 6.46. The van der Waals surface area contributed by atoms with E-state index in [0.717, 1.165) is 55.6 Å². The van der Waals surface area contributed by atoms with Crippen molar-refractivity contribution in [3.8, 4) is 0 Å². The van der Waals surface area contributed by atoms with Crippen molar-refractivity contribution in [2.24, 2.45) is 0 Å². The smallest absolute Gasteiger partial charge is 0.251 e. The molecule has 1 N–H and O–H groups in total. The first-order valence-corrected chi connectivity index (χ1v) is 13.3. The van der Waals surface area contributed by atoms with Crippen molar-refractivity contribution in [1.29, 1.82) is 0 Å². The maximum absolute atomic E-state index is 12.7. The molecule has 4 heterocycles. The van der Waals surface area contributed by atoms with E-state index in [9.17, 15) is 13.2 Å². The van der Waals surface area contributed by atoms with Gasteiger partial charge in [-0.3, -0.25) is 4.79 Å². The lowest BCUT2D eigenvalue weighted by atomic mass is 10.1. The van der Waals surface area contributed by atoms with Gasteiger partial charge in [-0.25, -0.2) is 23.1 Å². The van der Waals surface area contributed by atoms with Gasteiger partial charge < -0.3 is 10.2 Å². The van der Waals surface area contributed by atoms with Crippen molar-refractivity contribution in [3.63, 3.8) is 0 Å². The van der Waals surface area contributed by atoms with Crippen LogP contribution in [0.5, 0.6) is 0 Å². The predicted molar refractivity (Wildman–Crippen MR) is 128 cm³/mol. The third-order valence-electron chi connectivity index (χ3n) is 6.50. The Morgan fingerprint density at radius 2 is 1.65 bits per heavy atom. The quantitative estimate of drug-likeness (QED) is 0.547. The van der Waals surface area contributed by atoms with Crippen molar-refractivity contribution in [1.82, 2.24) is 29.4 Å². The summed E-state index contributed by atoms with van der Waals surface area (Å²) in [6.07, 6.45) is 8.71. The van der Waals surface area contributed by atoms with Crippen LogP contribution in [-0.2, 0) is 16.6 Å². The van der Waals surface area contributed by atoms with Gasteiger partial charge in [0.05, 0.1) is 23.0 Å². The normalized spacial score (nSPS) is 17.4. The Morgan fingerprint density at radius 1 is 0.941 bits per heavy atom. The number of carbonyl (C=O) groups is 1. The van der Waals surface area contributed by atoms with Crippen molar-refractivity contribution < 1.29 is 13.2 Å². The summed E-state index contributed by atoms with van der Waals surface area (Å²) in [4.78, 5) is 24.0. The lowest BCUT2D eigenvalue weighted by Gasteiger charge is -2.27. The molecule has 3 aromatic rings. The van der Waals surface area contributed by atoms with Crippen LogP contribution in [0.1, 0.15) is 42.5 Å². The predicted octanol–water partition coefficient (Wildman–Crippen LogP) is 2.03. The van der Waals surface area contributed by atoms with Gasteiger partial charge in [0.1, 0.15) is 12.1 Å². The molecular formula is C23H29N7O3S. The molecule has 34 heavy (non-hydrogen) atoms. The van der Waals surface area contributed by atoms with Gasteiger partial charge in [0.25, 0.3) is 5.91 Å². The van der Waals surface area contributed by atoms with E-state index < -0.39 is 10.0 Å². The van der Waals surface area contributed by atoms with E-state index in [4.69, 9.17) is 0 Å². The molecule has 2 saturated heterocycles. The number of piperidine rings is 1. The van der Waals surface area contributed by atoms with Crippen LogP contribution in [0.2, 0.25) is 0 Å². The number of nitrogens with zero attached hydrogens (tertiary/aromatic N) is 6. The second kappa shape index (κ2) is 9.67. The number of rotatable bonds is 7. The van der Waals surface area contributed by atoms with E-state index in [1.54, 1.807) is 29.3 Å². The molecular weight excluding hydrogens is 454 g/mol. The van der Waals surface area contributed by atoms with Crippen LogP contribution in [0.3, 0.4) is 0 Å². The van der Waals surface area contributed by atoms with Gasteiger partial charge in [-0.1, -0.05) is 0 Å². The summed E-state index contributed by atoms with van der Waals surface area (Å²) < 4.78 is 28.6. The minimum absolute atomic E-state index is 0.221. The van der Waals surface area contributed by atoms with Crippen LogP contribution in [-0.4, -0.2) is 71.1 Å². The fourth-order valence-electron chi connectivity index (χ4n) is 4.64. The zero-order valence-corrected chi connectivity index (χ0v) is 19.9. The number of nitrogens with one attached hydrogen (secondary N) is 1. The van der Waals surface area contributed by atoms with Gasteiger partial charge in [-0.15, -0.1) is 0 Å². The molecule has 2 aromatic heterocycles. The second-order valence-electron chi connectivity index (χ2n) is 8.74. The van der Waals surface area contributed by atoms with E-state index in [1.807, 2.05) is 0 Å². The first-order valence-electron chi connectivity index (χ1n) is 11.8. The number of fused-ring (bicyclic) bond motifs is 1. The highest BCUT2D eigenvalue weighted by Crippen LogP contribution is 2.25. The average Bonchev–Trinajstić information content (AvgIpc) is 3.56. The lowest BCUT2D eigenvalue weighted by Crippen LogP contribution is -2.30. The third-order valence-corrected chi connectivity index (χ3v) is 8.41. The maximum atomic E-state index is 12.7. The SMILES string of the molecule is O=C(NCCn1ncc2c(N3CCCCC3)ncnc21)c1ccc(S(=O)(=O)N2CCCC2)cc1. The van der Waals surface area contributed by atoms with Gasteiger partial charge in [-0.2, -0.15) is 9.40 Å². The number of hydrogen-bond donors (Lipinski definition) is 1. The zero-order valence-electron chi connectivity index (χ0n) is 19.1. The van der Waals surface area contributed by atoms with Crippen LogP contribution in [0.4, 0.5) is 5.82 Å². The van der Waals surface area contributed by atoms with Gasteiger partial charge in [-0.05, 0) is 56.4 Å². The molecule has 0 unspecified atom stereocenters. The summed E-state index contributed by atoms with van der Waals surface area (Å²) in [5.74, 6) is 0.661. The second-order valence-corrected chi connectivity index (χ2v) is 10.7. The highest BCUT2D eigenvalue weighted by Gasteiger charge is 2.27. The first-order chi connectivity index (χ1) is 16.5. The monoisotopic (exact) mass is 483 g/mol. The highest BCUT2D eigenvalue weighted by molar-refractivity contribution is 7.89. The summed E-state index contributed by atoms with van der Waals surface area (Å²) in [7, 11) is -3.49. The molecule has 2 aliphatic heterocycles. The first kappa shape index (κ1) is 22.7. The number of sulfonamides is 1. The number of amides is 1. The van der Waals surface area contributed by atoms with E-state index >= 15 is 0 Å². The Morgan fingerprint density at radius 3 is 2.38 bits per heavy atom. The summed E-state index contributed by atoms with van der Waals surface area (Å²) >= 11 is 0. The molecule has 0 aliphatic carbocycles. The van der Waals surface area contributed by atoms with Crippen molar-refractivity contribution in [2.75, 3.05) is 37.6 Å². The molecule has 2 aliphatic rings. The molecule has 0 saturated carbocycles. The molecule has 0 atom stereocenters. The molecule has 2 fully saturated rings. The molecule has 1 amide bonds. The average molecular weight is 484 g/mol. The minimum Gasteiger partial charge on any atom is -0.356 e. The summed E-state index contributed by atoms with van der Waals surface area (Å²) in [5, 5.41) is 8.26. The Labute approximate surface area is 199 Å². The molecule has 11 heteroatoms.